The number of carbonyl (C=O) groups excluding carboxylic acids is 1. The molecule has 1 aromatic rings. The fraction of sp³-hybridized carbons (Fsp3) is 0.600. The van der Waals surface area contributed by atoms with Crippen LogP contribution in [0.1, 0.15) is 36.5 Å². The first-order chi connectivity index (χ1) is 11.0. The number of hydrogen-bond acceptors (Lipinski definition) is 4. The van der Waals surface area contributed by atoms with Gasteiger partial charge in [-0.15, -0.1) is 0 Å². The van der Waals surface area contributed by atoms with Crippen molar-refractivity contribution in [1.29, 1.82) is 0 Å². The van der Waals surface area contributed by atoms with Crippen molar-refractivity contribution in [2.45, 2.75) is 26.2 Å². The number of nitrogens with zero attached hydrogens (tertiary/aromatic N) is 2. The molecule has 7 nitrogen and oxygen atoms in total. The van der Waals surface area contributed by atoms with E-state index in [2.05, 4.69) is 4.98 Å². The lowest BCUT2D eigenvalue weighted by molar-refractivity contribution is 0.0762. The largest absolute Gasteiger partial charge is 0.337 e. The molecule has 0 aromatic carbocycles. The minimum absolute atomic E-state index is 0.0924. The summed E-state index contributed by atoms with van der Waals surface area (Å²) in [5.41, 5.74) is -0.330. The van der Waals surface area contributed by atoms with Gasteiger partial charge in [0, 0.05) is 32.4 Å². The average Bonchev–Trinajstić information content (AvgIpc) is 2.79. The number of nitrogens with one attached hydrogen (secondary N) is 1. The maximum atomic E-state index is 12.4. The van der Waals surface area contributed by atoms with Crippen LogP contribution in [0.3, 0.4) is 0 Å². The van der Waals surface area contributed by atoms with Gasteiger partial charge in [0.2, 0.25) is 10.0 Å². The van der Waals surface area contributed by atoms with Crippen LogP contribution in [0.5, 0.6) is 0 Å². The van der Waals surface area contributed by atoms with E-state index in [0.29, 0.717) is 32.5 Å². The Bertz CT molecular complexity index is 699. The maximum absolute atomic E-state index is 12.4. The number of pyridine rings is 1. The number of sulfonamides is 1. The summed E-state index contributed by atoms with van der Waals surface area (Å²) in [4.78, 5) is 28.2. The lowest BCUT2D eigenvalue weighted by Gasteiger charge is -2.21. The van der Waals surface area contributed by atoms with Gasteiger partial charge in [0.25, 0.3) is 11.5 Å². The summed E-state index contributed by atoms with van der Waals surface area (Å²) in [5, 5.41) is 0. The molecule has 0 bridgehead atoms. The van der Waals surface area contributed by atoms with E-state index in [4.69, 9.17) is 0 Å². The first-order valence-electron chi connectivity index (χ1n) is 7.90. The van der Waals surface area contributed by atoms with Crippen LogP contribution in [0.2, 0.25) is 0 Å². The Morgan fingerprint density at radius 3 is 2.74 bits per heavy atom. The summed E-state index contributed by atoms with van der Waals surface area (Å²) in [6, 6.07) is 3.09. The van der Waals surface area contributed by atoms with E-state index in [-0.39, 0.29) is 23.8 Å². The molecule has 0 saturated carbocycles. The molecule has 0 radical (unpaired) electrons. The van der Waals surface area contributed by atoms with Crippen molar-refractivity contribution < 1.29 is 13.2 Å². The number of H-pyrrole nitrogens is 1. The minimum Gasteiger partial charge on any atom is -0.337 e. The third-order valence-corrected chi connectivity index (χ3v) is 5.90. The molecule has 1 aromatic heterocycles. The lowest BCUT2D eigenvalue weighted by Crippen LogP contribution is -2.39. The van der Waals surface area contributed by atoms with Gasteiger partial charge in [0.1, 0.15) is 5.56 Å². The van der Waals surface area contributed by atoms with Crippen LogP contribution in [-0.2, 0) is 10.0 Å². The molecule has 2 rings (SSSR count). The molecular formula is C15H23N3O4S. The average molecular weight is 341 g/mol. The molecule has 1 aliphatic heterocycles. The van der Waals surface area contributed by atoms with Crippen LogP contribution in [-0.4, -0.2) is 60.4 Å². The molecule has 1 aliphatic rings. The molecule has 1 amide bonds. The van der Waals surface area contributed by atoms with Crippen LogP contribution < -0.4 is 5.56 Å². The number of hydrogen-bond donors (Lipinski definition) is 1. The molecule has 128 valence electrons. The van der Waals surface area contributed by atoms with Crippen molar-refractivity contribution in [1.82, 2.24) is 14.2 Å². The highest BCUT2D eigenvalue weighted by molar-refractivity contribution is 7.89. The Morgan fingerprint density at radius 2 is 2.04 bits per heavy atom. The fourth-order valence-electron chi connectivity index (χ4n) is 2.59. The van der Waals surface area contributed by atoms with Crippen LogP contribution >= 0.6 is 0 Å². The van der Waals surface area contributed by atoms with Crippen LogP contribution in [0.25, 0.3) is 0 Å². The summed E-state index contributed by atoms with van der Waals surface area (Å²) < 4.78 is 26.0. The van der Waals surface area contributed by atoms with E-state index >= 15 is 0 Å². The van der Waals surface area contributed by atoms with E-state index in [1.165, 1.54) is 16.6 Å². The topological polar surface area (TPSA) is 90.6 Å². The number of amides is 1. The normalized spacial score (nSPS) is 17.0. The highest BCUT2D eigenvalue weighted by Gasteiger charge is 2.27. The van der Waals surface area contributed by atoms with Gasteiger partial charge in [0.15, 0.2) is 0 Å². The number of rotatable bonds is 5. The van der Waals surface area contributed by atoms with Crippen LogP contribution in [0.4, 0.5) is 0 Å². The predicted molar refractivity (Wildman–Crippen MR) is 87.9 cm³/mol. The summed E-state index contributed by atoms with van der Waals surface area (Å²) >= 11 is 0. The minimum atomic E-state index is -3.26. The molecular weight excluding hydrogens is 318 g/mol. The molecule has 8 heteroatoms. The summed E-state index contributed by atoms with van der Waals surface area (Å²) in [6.07, 6.45) is 3.51. The van der Waals surface area contributed by atoms with Crippen molar-refractivity contribution in [3.05, 3.63) is 34.2 Å². The van der Waals surface area contributed by atoms with Crippen molar-refractivity contribution in [3.8, 4) is 0 Å². The smallest absolute Gasteiger partial charge is 0.260 e. The van der Waals surface area contributed by atoms with Gasteiger partial charge in [0.05, 0.1) is 5.75 Å². The van der Waals surface area contributed by atoms with E-state index in [0.717, 1.165) is 6.42 Å². The maximum Gasteiger partial charge on any atom is 0.260 e. The van der Waals surface area contributed by atoms with Crippen molar-refractivity contribution in [2.24, 2.45) is 0 Å². The molecule has 23 heavy (non-hydrogen) atoms. The Labute approximate surface area is 136 Å². The Balaban J connectivity index is 2.05. The van der Waals surface area contributed by atoms with Gasteiger partial charge in [-0.2, -0.15) is 0 Å². The van der Waals surface area contributed by atoms with E-state index in [1.54, 1.807) is 11.0 Å². The lowest BCUT2D eigenvalue weighted by atomic mass is 10.2. The monoisotopic (exact) mass is 341 g/mol. The molecule has 1 N–H and O–H groups in total. The summed E-state index contributed by atoms with van der Waals surface area (Å²) in [6.45, 7) is 3.41. The third-order valence-electron chi connectivity index (χ3n) is 3.94. The number of aromatic nitrogens is 1. The van der Waals surface area contributed by atoms with Crippen LogP contribution in [0, 0.1) is 0 Å². The second-order valence-corrected chi connectivity index (χ2v) is 7.72. The number of carbonyl (C=O) groups is 1. The van der Waals surface area contributed by atoms with Crippen LogP contribution in [0.15, 0.2) is 23.1 Å². The predicted octanol–water partition coefficient (Wildman–Crippen LogP) is 0.653. The van der Waals surface area contributed by atoms with Gasteiger partial charge in [-0.3, -0.25) is 9.59 Å². The van der Waals surface area contributed by atoms with Gasteiger partial charge in [-0.05, 0) is 25.0 Å². The van der Waals surface area contributed by atoms with Gasteiger partial charge in [-0.25, -0.2) is 12.7 Å². The second kappa shape index (κ2) is 7.74. The second-order valence-electron chi connectivity index (χ2n) is 5.63. The van der Waals surface area contributed by atoms with Crippen molar-refractivity contribution >= 4 is 15.9 Å². The molecule has 0 unspecified atom stereocenters. The molecule has 0 atom stereocenters. The summed E-state index contributed by atoms with van der Waals surface area (Å²) in [7, 11) is -3.26. The standard InChI is InChI=1S/C15H23N3O4S/c1-2-3-12-23(21,22)18-9-5-8-17(10-11-18)15(20)13-6-4-7-16-14(13)19/h4,6-7H,2-3,5,8-12H2,1H3,(H,16,19). The first-order valence-corrected chi connectivity index (χ1v) is 9.51. The first kappa shape index (κ1) is 17.7. The van der Waals surface area contributed by atoms with Gasteiger partial charge in [-0.1, -0.05) is 13.3 Å². The SMILES string of the molecule is CCCCS(=O)(=O)N1CCCN(C(=O)c2ccc[nH]c2=O)CC1. The molecule has 1 fully saturated rings. The zero-order valence-corrected chi connectivity index (χ0v) is 14.1. The molecule has 0 aliphatic carbocycles. The molecule has 1 saturated heterocycles. The quantitative estimate of drug-likeness (QED) is 0.851. The van der Waals surface area contributed by atoms with Gasteiger partial charge < -0.3 is 9.88 Å². The number of aromatic amines is 1. The Morgan fingerprint density at radius 1 is 1.26 bits per heavy atom. The number of unbranched alkanes of at least 4 members (excludes halogenated alkanes) is 1. The highest BCUT2D eigenvalue weighted by Crippen LogP contribution is 2.12. The summed E-state index contributed by atoms with van der Waals surface area (Å²) in [5.74, 6) is -0.199. The van der Waals surface area contributed by atoms with E-state index < -0.39 is 15.6 Å². The zero-order valence-electron chi connectivity index (χ0n) is 13.3. The highest BCUT2D eigenvalue weighted by atomic mass is 32.2. The zero-order chi connectivity index (χ0) is 16.9. The van der Waals surface area contributed by atoms with Gasteiger partial charge >= 0.3 is 0 Å². The Hall–Kier alpha value is -1.67. The van der Waals surface area contributed by atoms with Crippen molar-refractivity contribution in [2.75, 3.05) is 31.9 Å². The molecule has 0 spiro atoms. The van der Waals surface area contributed by atoms with E-state index in [9.17, 15) is 18.0 Å². The van der Waals surface area contributed by atoms with Crippen molar-refractivity contribution in [3.63, 3.8) is 0 Å². The molecule has 2 heterocycles. The van der Waals surface area contributed by atoms with E-state index in [1.807, 2.05) is 6.92 Å². The fourth-order valence-corrected chi connectivity index (χ4v) is 4.27. The third kappa shape index (κ3) is 4.42. The Kier molecular flexibility index (Phi) is 5.95.